The number of halogens is 2. The van der Waals surface area contributed by atoms with E-state index in [0.717, 1.165) is 6.07 Å². The molecule has 18 heavy (non-hydrogen) atoms. The maximum absolute atomic E-state index is 13.6. The maximum atomic E-state index is 13.6. The summed E-state index contributed by atoms with van der Waals surface area (Å²) in [5, 5.41) is 2.96. The molecule has 0 spiro atoms. The zero-order chi connectivity index (χ0) is 13.1. The van der Waals surface area contributed by atoms with Gasteiger partial charge in [0.25, 0.3) is 5.91 Å². The summed E-state index contributed by atoms with van der Waals surface area (Å²) in [5.41, 5.74) is -0.0585. The summed E-state index contributed by atoms with van der Waals surface area (Å²) in [6, 6.07) is 3.86. The monoisotopic (exact) mass is 270 g/mol. The Morgan fingerprint density at radius 1 is 1.39 bits per heavy atom. The summed E-state index contributed by atoms with van der Waals surface area (Å²) in [6.07, 6.45) is 0.230. The Balaban J connectivity index is 2.19. The molecule has 1 fully saturated rings. The van der Waals surface area contributed by atoms with Gasteiger partial charge >= 0.3 is 0 Å². The van der Waals surface area contributed by atoms with Crippen molar-refractivity contribution in [3.8, 4) is 0 Å². The zero-order valence-electron chi connectivity index (χ0n) is 9.58. The third kappa shape index (κ3) is 2.79. The highest BCUT2D eigenvalue weighted by molar-refractivity contribution is 6.31. The topological polar surface area (TPSA) is 49.4 Å². The molecule has 1 aromatic carbocycles. The van der Waals surface area contributed by atoms with E-state index in [1.165, 1.54) is 17.0 Å². The lowest BCUT2D eigenvalue weighted by Crippen LogP contribution is -2.34. The molecule has 0 aromatic heterocycles. The maximum Gasteiger partial charge on any atom is 0.256 e. The predicted molar refractivity (Wildman–Crippen MR) is 64.9 cm³/mol. The molecule has 1 aliphatic heterocycles. The summed E-state index contributed by atoms with van der Waals surface area (Å²) in [6.45, 7) is 1.04. The normalized spacial score (nSPS) is 16.1. The lowest BCUT2D eigenvalue weighted by Gasteiger charge is -2.19. The fourth-order valence-corrected chi connectivity index (χ4v) is 1.97. The lowest BCUT2D eigenvalue weighted by atomic mass is 10.2. The van der Waals surface area contributed by atoms with Gasteiger partial charge in [0, 0.05) is 31.1 Å². The minimum absolute atomic E-state index is 0.0585. The molecule has 1 heterocycles. The van der Waals surface area contributed by atoms with E-state index in [2.05, 4.69) is 5.32 Å². The van der Waals surface area contributed by atoms with Gasteiger partial charge in [0.15, 0.2) is 0 Å². The van der Waals surface area contributed by atoms with Crippen LogP contribution in [0, 0.1) is 5.82 Å². The van der Waals surface area contributed by atoms with E-state index in [-0.39, 0.29) is 24.4 Å². The number of nitrogens with one attached hydrogen (secondary N) is 1. The number of benzene rings is 1. The fraction of sp³-hybridized carbons (Fsp3) is 0.333. The summed E-state index contributed by atoms with van der Waals surface area (Å²) in [4.78, 5) is 24.7. The molecule has 0 atom stereocenters. The minimum Gasteiger partial charge on any atom is -0.354 e. The van der Waals surface area contributed by atoms with Crippen molar-refractivity contribution >= 4 is 23.4 Å². The Morgan fingerprint density at radius 3 is 2.94 bits per heavy atom. The predicted octanol–water partition coefficient (Wildman–Crippen LogP) is 1.44. The molecule has 96 valence electrons. The van der Waals surface area contributed by atoms with Crippen molar-refractivity contribution in [1.82, 2.24) is 10.2 Å². The Morgan fingerprint density at radius 2 is 2.17 bits per heavy atom. The molecule has 2 amide bonds. The van der Waals surface area contributed by atoms with Crippen LogP contribution in [0.3, 0.4) is 0 Å². The Kier molecular flexibility index (Phi) is 3.81. The van der Waals surface area contributed by atoms with Gasteiger partial charge in [-0.2, -0.15) is 0 Å². The second-order valence-corrected chi connectivity index (χ2v) is 4.45. The highest BCUT2D eigenvalue weighted by Gasteiger charge is 2.22. The summed E-state index contributed by atoms with van der Waals surface area (Å²) in [5.74, 6) is -1.14. The fourth-order valence-electron chi connectivity index (χ4n) is 1.80. The number of hydrogen-bond donors (Lipinski definition) is 1. The van der Waals surface area contributed by atoms with Crippen LogP contribution < -0.4 is 5.32 Å². The van der Waals surface area contributed by atoms with Crippen molar-refractivity contribution in [2.75, 3.05) is 19.6 Å². The SMILES string of the molecule is O=C1CCN(C(=O)c2cc(Cl)ccc2F)CCN1. The van der Waals surface area contributed by atoms with Crippen LogP contribution in [-0.2, 0) is 4.79 Å². The van der Waals surface area contributed by atoms with Gasteiger partial charge in [-0.05, 0) is 18.2 Å². The largest absolute Gasteiger partial charge is 0.354 e. The molecule has 1 aromatic rings. The molecule has 0 saturated carbocycles. The lowest BCUT2D eigenvalue weighted by molar-refractivity contribution is -0.120. The molecule has 0 aliphatic carbocycles. The molecule has 1 saturated heterocycles. The zero-order valence-corrected chi connectivity index (χ0v) is 10.3. The number of amides is 2. The Bertz CT molecular complexity index is 493. The first-order chi connectivity index (χ1) is 8.58. The standard InChI is InChI=1S/C12H12ClFN2O2/c13-8-1-2-10(14)9(7-8)12(18)16-5-3-11(17)15-4-6-16/h1-2,7H,3-6H2,(H,15,17). The first-order valence-corrected chi connectivity index (χ1v) is 5.97. The number of carbonyl (C=O) groups is 2. The molecule has 0 unspecified atom stereocenters. The molecular formula is C12H12ClFN2O2. The van der Waals surface area contributed by atoms with Crippen LogP contribution in [0.5, 0.6) is 0 Å². The number of carbonyl (C=O) groups excluding carboxylic acids is 2. The van der Waals surface area contributed by atoms with Crippen molar-refractivity contribution in [3.05, 3.63) is 34.6 Å². The van der Waals surface area contributed by atoms with Gasteiger partial charge in [-0.1, -0.05) is 11.6 Å². The van der Waals surface area contributed by atoms with E-state index < -0.39 is 11.7 Å². The van der Waals surface area contributed by atoms with Crippen molar-refractivity contribution < 1.29 is 14.0 Å². The smallest absolute Gasteiger partial charge is 0.256 e. The van der Waals surface area contributed by atoms with Crippen LogP contribution in [0.15, 0.2) is 18.2 Å². The van der Waals surface area contributed by atoms with E-state index in [0.29, 0.717) is 18.1 Å². The Labute approximate surface area is 109 Å². The average molecular weight is 271 g/mol. The first-order valence-electron chi connectivity index (χ1n) is 5.59. The van der Waals surface area contributed by atoms with Gasteiger partial charge in [-0.15, -0.1) is 0 Å². The van der Waals surface area contributed by atoms with Crippen LogP contribution in [0.25, 0.3) is 0 Å². The third-order valence-corrected chi connectivity index (χ3v) is 2.99. The van der Waals surface area contributed by atoms with E-state index in [9.17, 15) is 14.0 Å². The van der Waals surface area contributed by atoms with Crippen molar-refractivity contribution in [1.29, 1.82) is 0 Å². The number of hydrogen-bond acceptors (Lipinski definition) is 2. The summed E-state index contributed by atoms with van der Waals surface area (Å²) < 4.78 is 13.6. The van der Waals surface area contributed by atoms with Gasteiger partial charge in [0.05, 0.1) is 5.56 Å². The summed E-state index contributed by atoms with van der Waals surface area (Å²) in [7, 11) is 0. The molecule has 0 bridgehead atoms. The van der Waals surface area contributed by atoms with Crippen LogP contribution in [0.4, 0.5) is 4.39 Å². The molecule has 1 aliphatic rings. The quantitative estimate of drug-likeness (QED) is 0.840. The van der Waals surface area contributed by atoms with Gasteiger partial charge in [0.1, 0.15) is 5.82 Å². The highest BCUT2D eigenvalue weighted by atomic mass is 35.5. The van der Waals surface area contributed by atoms with Crippen molar-refractivity contribution in [2.24, 2.45) is 0 Å². The van der Waals surface area contributed by atoms with E-state index in [1.807, 2.05) is 0 Å². The van der Waals surface area contributed by atoms with Crippen LogP contribution in [-0.4, -0.2) is 36.3 Å². The number of rotatable bonds is 1. The molecule has 1 N–H and O–H groups in total. The number of nitrogens with zero attached hydrogens (tertiary/aromatic N) is 1. The Hall–Kier alpha value is -1.62. The second-order valence-electron chi connectivity index (χ2n) is 4.02. The highest BCUT2D eigenvalue weighted by Crippen LogP contribution is 2.17. The van der Waals surface area contributed by atoms with E-state index in [1.54, 1.807) is 0 Å². The molecule has 2 rings (SSSR count). The second kappa shape index (κ2) is 5.35. The van der Waals surface area contributed by atoms with Gasteiger partial charge in [0.2, 0.25) is 5.91 Å². The van der Waals surface area contributed by atoms with Gasteiger partial charge in [-0.25, -0.2) is 4.39 Å². The summed E-state index contributed by atoms with van der Waals surface area (Å²) >= 11 is 5.75. The van der Waals surface area contributed by atoms with Crippen molar-refractivity contribution in [2.45, 2.75) is 6.42 Å². The minimum atomic E-state index is -0.604. The van der Waals surface area contributed by atoms with Gasteiger partial charge in [-0.3, -0.25) is 9.59 Å². The van der Waals surface area contributed by atoms with Crippen LogP contribution >= 0.6 is 11.6 Å². The molecule has 6 heteroatoms. The molecule has 0 radical (unpaired) electrons. The van der Waals surface area contributed by atoms with Crippen LogP contribution in [0.1, 0.15) is 16.8 Å². The van der Waals surface area contributed by atoms with Crippen LogP contribution in [0.2, 0.25) is 5.02 Å². The average Bonchev–Trinajstić information content (AvgIpc) is 2.56. The van der Waals surface area contributed by atoms with Crippen molar-refractivity contribution in [3.63, 3.8) is 0 Å². The molecule has 4 nitrogen and oxygen atoms in total. The van der Waals surface area contributed by atoms with Gasteiger partial charge < -0.3 is 10.2 Å². The van der Waals surface area contributed by atoms with E-state index in [4.69, 9.17) is 11.6 Å². The third-order valence-electron chi connectivity index (χ3n) is 2.76. The van der Waals surface area contributed by atoms with E-state index >= 15 is 0 Å². The first kappa shape index (κ1) is 12.8. The molecular weight excluding hydrogens is 259 g/mol.